The number of hydrogen-bond donors (Lipinski definition) is 0. The fraction of sp³-hybridized carbons (Fsp3) is 0. The molecule has 0 atom stereocenters. The van der Waals surface area contributed by atoms with Gasteiger partial charge in [0.2, 0.25) is 0 Å². The minimum absolute atomic E-state index is 0.773. The molecule has 0 amide bonds. The number of fused-ring (bicyclic) bond motifs is 5. The zero-order valence-corrected chi connectivity index (χ0v) is 28.6. The first-order valence-corrected chi connectivity index (χ1v) is 18.7. The van der Waals surface area contributed by atoms with Gasteiger partial charge in [-0.3, -0.25) is 4.98 Å². The van der Waals surface area contributed by atoms with Gasteiger partial charge in [0.1, 0.15) is 0 Å². The summed E-state index contributed by atoms with van der Waals surface area (Å²) >= 11 is 0. The minimum Gasteiger partial charge on any atom is -0.311 e. The molecule has 0 radical (unpaired) electrons. The maximum Gasteiger partial charge on any atom is 0.171 e. The van der Waals surface area contributed by atoms with Crippen molar-refractivity contribution in [3.05, 3.63) is 194 Å². The Bertz CT molecular complexity index is 2620. The van der Waals surface area contributed by atoms with Crippen molar-refractivity contribution in [2.75, 3.05) is 4.90 Å². The molecule has 2 aromatic heterocycles. The van der Waals surface area contributed by atoms with Crippen LogP contribution in [-0.4, -0.2) is 9.97 Å². The molecular formula is C46H32N3OP. The highest BCUT2D eigenvalue weighted by molar-refractivity contribution is 7.85. The first kappa shape index (κ1) is 30.7. The standard InChI is InChI=1S/C46H32N3OP/c50-51(37-20-9-3-10-21-37,38-22-11-4-12-23-38)43-27-15-26-42-45(43)44-39-24-13-14-25-41(39)48-46(40(44)32-47-42)33-28-30-36(31-29-33)49(34-16-5-1-6-17-34)35-18-7-2-8-19-35/h1-32H. The van der Waals surface area contributed by atoms with Crippen LogP contribution in [-0.2, 0) is 4.57 Å². The lowest BCUT2D eigenvalue weighted by Crippen LogP contribution is -2.25. The van der Waals surface area contributed by atoms with Crippen LogP contribution in [0, 0.1) is 0 Å². The molecule has 0 saturated heterocycles. The highest BCUT2D eigenvalue weighted by Gasteiger charge is 2.32. The van der Waals surface area contributed by atoms with E-state index in [1.807, 2.05) is 109 Å². The van der Waals surface area contributed by atoms with Gasteiger partial charge in [-0.25, -0.2) is 4.98 Å². The Hall–Kier alpha value is -6.35. The van der Waals surface area contributed by atoms with Crippen LogP contribution < -0.4 is 20.8 Å². The van der Waals surface area contributed by atoms with E-state index in [0.717, 1.165) is 76.8 Å². The summed E-state index contributed by atoms with van der Waals surface area (Å²) in [6.45, 7) is 0. The highest BCUT2D eigenvalue weighted by Crippen LogP contribution is 2.47. The summed E-state index contributed by atoms with van der Waals surface area (Å²) in [5, 5.41) is 6.16. The van der Waals surface area contributed by atoms with Gasteiger partial charge in [-0.05, 0) is 48.5 Å². The van der Waals surface area contributed by atoms with Crippen molar-refractivity contribution in [1.82, 2.24) is 9.97 Å². The molecule has 0 unspecified atom stereocenters. The molecule has 0 aliphatic rings. The molecule has 0 saturated carbocycles. The molecule has 0 aliphatic heterocycles. The quantitative estimate of drug-likeness (QED) is 0.125. The lowest BCUT2D eigenvalue weighted by atomic mass is 9.98. The second kappa shape index (κ2) is 12.8. The Labute approximate surface area is 296 Å². The molecule has 242 valence electrons. The van der Waals surface area contributed by atoms with Crippen molar-refractivity contribution < 1.29 is 4.57 Å². The van der Waals surface area contributed by atoms with Crippen LogP contribution in [0.25, 0.3) is 43.8 Å². The predicted molar refractivity (Wildman–Crippen MR) is 214 cm³/mol. The number of aromatic nitrogens is 2. The monoisotopic (exact) mass is 673 g/mol. The number of pyridine rings is 2. The molecular weight excluding hydrogens is 642 g/mol. The number of rotatable bonds is 7. The van der Waals surface area contributed by atoms with E-state index in [2.05, 4.69) is 89.8 Å². The summed E-state index contributed by atoms with van der Waals surface area (Å²) in [5.41, 5.74) is 6.68. The molecule has 4 nitrogen and oxygen atoms in total. The maximum atomic E-state index is 15.9. The van der Waals surface area contributed by atoms with Gasteiger partial charge >= 0.3 is 0 Å². The van der Waals surface area contributed by atoms with Gasteiger partial charge < -0.3 is 9.46 Å². The Morgan fingerprint density at radius 1 is 0.431 bits per heavy atom. The third kappa shape index (κ3) is 5.29. The van der Waals surface area contributed by atoms with Crippen LogP contribution in [0.5, 0.6) is 0 Å². The molecule has 0 bridgehead atoms. The summed E-state index contributed by atoms with van der Waals surface area (Å²) in [7, 11) is -3.33. The molecule has 9 rings (SSSR count). The molecule has 9 aromatic rings. The van der Waals surface area contributed by atoms with Gasteiger partial charge in [-0.2, -0.15) is 0 Å². The van der Waals surface area contributed by atoms with E-state index in [-0.39, 0.29) is 0 Å². The number of anilines is 3. The van der Waals surface area contributed by atoms with Crippen molar-refractivity contribution in [1.29, 1.82) is 0 Å². The fourth-order valence-electron chi connectivity index (χ4n) is 7.20. The molecule has 51 heavy (non-hydrogen) atoms. The van der Waals surface area contributed by atoms with Crippen molar-refractivity contribution in [3.63, 3.8) is 0 Å². The predicted octanol–water partition coefficient (Wildman–Crippen LogP) is 10.7. The maximum absolute atomic E-state index is 15.9. The minimum atomic E-state index is -3.33. The Morgan fingerprint density at radius 2 is 0.941 bits per heavy atom. The van der Waals surface area contributed by atoms with Gasteiger partial charge in [0.15, 0.2) is 7.14 Å². The number of hydrogen-bond acceptors (Lipinski definition) is 4. The Morgan fingerprint density at radius 3 is 1.55 bits per heavy atom. The Balaban J connectivity index is 1.30. The third-order valence-electron chi connectivity index (χ3n) is 9.54. The molecule has 0 N–H and O–H groups in total. The van der Waals surface area contributed by atoms with E-state index in [1.54, 1.807) is 0 Å². The normalized spacial score (nSPS) is 11.6. The third-order valence-corrected chi connectivity index (χ3v) is 12.6. The summed E-state index contributed by atoms with van der Waals surface area (Å²) in [6.07, 6.45) is 1.93. The molecule has 0 spiro atoms. The fourth-order valence-corrected chi connectivity index (χ4v) is 10.1. The van der Waals surface area contributed by atoms with Gasteiger partial charge in [0.05, 0.1) is 16.7 Å². The largest absolute Gasteiger partial charge is 0.311 e. The molecule has 7 aromatic carbocycles. The van der Waals surface area contributed by atoms with Gasteiger partial charge in [0, 0.05) is 66.3 Å². The van der Waals surface area contributed by atoms with Crippen LogP contribution >= 0.6 is 7.14 Å². The van der Waals surface area contributed by atoms with Gasteiger partial charge in [0.25, 0.3) is 0 Å². The molecule has 2 heterocycles. The topological polar surface area (TPSA) is 46.1 Å². The van der Waals surface area contributed by atoms with Gasteiger partial charge in [-0.15, -0.1) is 0 Å². The van der Waals surface area contributed by atoms with Crippen LogP contribution in [0.3, 0.4) is 0 Å². The number of benzene rings is 7. The number of nitrogens with zero attached hydrogens (tertiary/aromatic N) is 3. The average molecular weight is 674 g/mol. The smallest absolute Gasteiger partial charge is 0.171 e. The van der Waals surface area contributed by atoms with Gasteiger partial charge in [-0.1, -0.05) is 140 Å². The summed E-state index contributed by atoms with van der Waals surface area (Å²) in [4.78, 5) is 12.5. The van der Waals surface area contributed by atoms with Crippen molar-refractivity contribution in [3.8, 4) is 11.3 Å². The van der Waals surface area contributed by atoms with Crippen molar-refractivity contribution in [2.45, 2.75) is 0 Å². The SMILES string of the molecule is O=P(c1ccccc1)(c1ccccc1)c1cccc2ncc3c(-c4ccc(N(c5ccccc5)c5ccccc5)cc4)nc4ccccc4c3c12. The zero-order chi connectivity index (χ0) is 34.2. The van der Waals surface area contributed by atoms with E-state index in [1.165, 1.54) is 0 Å². The summed E-state index contributed by atoms with van der Waals surface area (Å²) in [6, 6.07) is 63.3. The lowest BCUT2D eigenvalue weighted by molar-refractivity contribution is 0.592. The van der Waals surface area contributed by atoms with E-state index in [4.69, 9.17) is 9.97 Å². The van der Waals surface area contributed by atoms with E-state index >= 15 is 4.57 Å². The average Bonchev–Trinajstić information content (AvgIpc) is 3.21. The molecule has 0 aliphatic carbocycles. The summed E-state index contributed by atoms with van der Waals surface area (Å²) in [5.74, 6) is 0. The van der Waals surface area contributed by atoms with E-state index in [9.17, 15) is 0 Å². The second-order valence-corrected chi connectivity index (χ2v) is 15.3. The van der Waals surface area contributed by atoms with Crippen LogP contribution in [0.2, 0.25) is 0 Å². The van der Waals surface area contributed by atoms with Crippen molar-refractivity contribution >= 4 is 72.7 Å². The van der Waals surface area contributed by atoms with Crippen LogP contribution in [0.1, 0.15) is 0 Å². The molecule has 0 fully saturated rings. The highest BCUT2D eigenvalue weighted by atomic mass is 31.2. The zero-order valence-electron chi connectivity index (χ0n) is 27.7. The van der Waals surface area contributed by atoms with Crippen LogP contribution in [0.4, 0.5) is 17.1 Å². The van der Waals surface area contributed by atoms with E-state index in [0.29, 0.717) is 0 Å². The van der Waals surface area contributed by atoms with Crippen LogP contribution in [0.15, 0.2) is 194 Å². The van der Waals surface area contributed by atoms with E-state index < -0.39 is 7.14 Å². The second-order valence-electron chi connectivity index (χ2n) is 12.5. The summed E-state index contributed by atoms with van der Waals surface area (Å²) < 4.78 is 15.9. The first-order valence-electron chi connectivity index (χ1n) is 17.0. The molecule has 5 heteroatoms. The Kier molecular flexibility index (Phi) is 7.72. The lowest BCUT2D eigenvalue weighted by Gasteiger charge is -2.25. The van der Waals surface area contributed by atoms with Crippen molar-refractivity contribution in [2.24, 2.45) is 0 Å². The number of para-hydroxylation sites is 3. The first-order chi connectivity index (χ1) is 25.2.